The summed E-state index contributed by atoms with van der Waals surface area (Å²) >= 11 is 4.16. The van der Waals surface area contributed by atoms with Crippen molar-refractivity contribution in [3.05, 3.63) is 180 Å². The summed E-state index contributed by atoms with van der Waals surface area (Å²) in [5, 5.41) is 14.3. The Kier molecular flexibility index (Phi) is 20.4. The molecule has 1 aliphatic rings. The van der Waals surface area contributed by atoms with Gasteiger partial charge in [0.25, 0.3) is 8.32 Å². The summed E-state index contributed by atoms with van der Waals surface area (Å²) in [6.45, 7) is 24.0. The minimum absolute atomic E-state index is 0.0431. The molecule has 0 radical (unpaired) electrons. The van der Waals surface area contributed by atoms with Gasteiger partial charge >= 0.3 is 0 Å². The average Bonchev–Trinajstić information content (AvgIpc) is 3.38. The molecule has 1 fully saturated rings. The number of aliphatic hydroxyl groups excluding tert-OH is 1. The van der Waals surface area contributed by atoms with Crippen LogP contribution in [-0.2, 0) is 19.2 Å². The molecule has 1 aliphatic heterocycles. The number of benzene rings is 5. The lowest BCUT2D eigenvalue weighted by molar-refractivity contribution is 0.0109. The first-order valence-corrected chi connectivity index (χ1v) is 32.8. The third-order valence-electron chi connectivity index (χ3n) is 14.9. The lowest BCUT2D eigenvalue weighted by atomic mass is 9.80. The zero-order valence-corrected chi connectivity index (χ0v) is 49.1. The molecule has 0 spiro atoms. The molecule has 10 heteroatoms. The fourth-order valence-electron chi connectivity index (χ4n) is 9.77. The Hall–Kier alpha value is -3.85. The zero-order chi connectivity index (χ0) is 52.0. The third kappa shape index (κ3) is 13.9. The molecule has 6 nitrogen and oxygen atoms in total. The normalized spacial score (nSPS) is 16.0. The van der Waals surface area contributed by atoms with Gasteiger partial charge in [-0.2, -0.15) is 0 Å². The standard InChI is InChI=1S/C62H84O6S2Si2/c1-48(26-17-16-24-43-66-62(50-27-18-13-19-28-50,51-33-37-53(64-9)38-34-51)52-35-39-54(65-10)40-36-52)58(63)49(2)41-42-61(69-44-25-45-70-61)46-55(68-71(11,12)59(3,4)5)47-67-72(60(6,7)8,56-29-20-14-21-30-56)57-31-22-15-23-32-57/h13-15,18-23,26-41,55,58,63H,16-17,24-25,42-47H2,1-12H3/b48-26+,49-41-/t55-,58+/m0/s1. The molecule has 2 atom stereocenters. The molecule has 1 saturated heterocycles. The molecule has 0 aliphatic carbocycles. The Morgan fingerprint density at radius 1 is 0.639 bits per heavy atom. The van der Waals surface area contributed by atoms with Crippen LogP contribution in [0.1, 0.15) is 111 Å². The minimum Gasteiger partial charge on any atom is -0.497 e. The van der Waals surface area contributed by atoms with Gasteiger partial charge in [-0.05, 0) is 150 Å². The van der Waals surface area contributed by atoms with E-state index < -0.39 is 28.3 Å². The van der Waals surface area contributed by atoms with Gasteiger partial charge in [0.05, 0.1) is 37.1 Å². The van der Waals surface area contributed by atoms with E-state index in [9.17, 15) is 5.11 Å². The number of unbranched alkanes of at least 4 members (excludes halogenated alkanes) is 2. The molecule has 5 aromatic rings. The molecular formula is C62H84O6S2Si2. The topological polar surface area (TPSA) is 66.4 Å². The van der Waals surface area contributed by atoms with Crippen molar-refractivity contribution in [2.45, 2.75) is 139 Å². The van der Waals surface area contributed by atoms with Crippen LogP contribution in [-0.4, -0.2) is 77.0 Å². The first-order chi connectivity index (χ1) is 34.3. The molecule has 0 bridgehead atoms. The molecule has 72 heavy (non-hydrogen) atoms. The lowest BCUT2D eigenvalue weighted by Gasteiger charge is -2.46. The van der Waals surface area contributed by atoms with Crippen molar-refractivity contribution < 1.29 is 28.2 Å². The quantitative estimate of drug-likeness (QED) is 0.0284. The van der Waals surface area contributed by atoms with Gasteiger partial charge in [0, 0.05) is 6.61 Å². The summed E-state index contributed by atoms with van der Waals surface area (Å²) < 4.78 is 33.2. The van der Waals surface area contributed by atoms with E-state index in [1.165, 1.54) is 16.8 Å². The van der Waals surface area contributed by atoms with Crippen molar-refractivity contribution in [3.8, 4) is 11.5 Å². The van der Waals surface area contributed by atoms with Crippen LogP contribution in [0.2, 0.25) is 23.2 Å². The summed E-state index contributed by atoms with van der Waals surface area (Å²) in [4.78, 5) is 0. The van der Waals surface area contributed by atoms with Crippen molar-refractivity contribution in [3.63, 3.8) is 0 Å². The third-order valence-corrected chi connectivity index (χ3v) is 27.8. The maximum absolute atomic E-state index is 11.8. The molecule has 388 valence electrons. The SMILES string of the molecule is COc1ccc(C(OCCCC/C=C(\C)[C@@H](O)/C(C)=C\CC2(C[C@@H](CO[Si](c3ccccc3)(c3ccccc3)C(C)(C)C)O[Si](C)(C)C(C)(C)C)SCCCS2)(c2ccccc2)c2ccc(OC)cc2)cc1. The van der Waals surface area contributed by atoms with Crippen LogP contribution in [0.15, 0.2) is 163 Å². The summed E-state index contributed by atoms with van der Waals surface area (Å²) in [5.41, 5.74) is 4.23. The van der Waals surface area contributed by atoms with E-state index in [2.05, 4.69) is 213 Å². The molecule has 1 N–H and O–H groups in total. The maximum Gasteiger partial charge on any atom is 0.261 e. The molecule has 0 saturated carbocycles. The summed E-state index contributed by atoms with van der Waals surface area (Å²) in [6.07, 6.45) is 9.30. The largest absolute Gasteiger partial charge is 0.497 e. The van der Waals surface area contributed by atoms with Gasteiger partial charge in [0.1, 0.15) is 17.1 Å². The van der Waals surface area contributed by atoms with E-state index in [1.54, 1.807) is 14.2 Å². The van der Waals surface area contributed by atoms with Gasteiger partial charge in [-0.25, -0.2) is 0 Å². The van der Waals surface area contributed by atoms with Crippen LogP contribution in [0.5, 0.6) is 11.5 Å². The number of thioether (sulfide) groups is 2. The molecule has 0 aromatic heterocycles. The first-order valence-electron chi connectivity index (χ1n) is 26.0. The number of methoxy groups -OCH3 is 2. The highest BCUT2D eigenvalue weighted by atomic mass is 32.2. The fraction of sp³-hybridized carbons (Fsp3) is 0.452. The Bertz CT molecular complexity index is 2370. The van der Waals surface area contributed by atoms with Crippen molar-refractivity contribution in [2.75, 3.05) is 38.9 Å². The number of hydrogen-bond donors (Lipinski definition) is 1. The lowest BCUT2D eigenvalue weighted by Crippen LogP contribution is -2.67. The van der Waals surface area contributed by atoms with Crippen molar-refractivity contribution in [1.82, 2.24) is 0 Å². The monoisotopic (exact) mass is 1040 g/mol. The van der Waals surface area contributed by atoms with Crippen LogP contribution in [0.25, 0.3) is 0 Å². The van der Waals surface area contributed by atoms with Gasteiger partial charge in [0.2, 0.25) is 0 Å². The number of aliphatic hydroxyl groups is 1. The summed E-state index contributed by atoms with van der Waals surface area (Å²) in [7, 11) is -1.64. The molecule has 1 heterocycles. The molecular weight excluding hydrogens is 961 g/mol. The summed E-state index contributed by atoms with van der Waals surface area (Å²) in [5.74, 6) is 3.81. The van der Waals surface area contributed by atoms with Crippen molar-refractivity contribution >= 4 is 50.5 Å². The van der Waals surface area contributed by atoms with Crippen molar-refractivity contribution in [2.24, 2.45) is 0 Å². The average molecular weight is 1050 g/mol. The van der Waals surface area contributed by atoms with Gasteiger partial charge in [-0.15, -0.1) is 23.5 Å². The fourth-order valence-corrected chi connectivity index (χ4v) is 19.0. The number of ether oxygens (including phenoxy) is 3. The molecule has 0 unspecified atom stereocenters. The van der Waals surface area contributed by atoms with E-state index in [0.717, 1.165) is 82.9 Å². The minimum atomic E-state index is -2.81. The maximum atomic E-state index is 11.8. The first kappa shape index (κ1) is 57.4. The molecule has 6 rings (SSSR count). The van der Waals surface area contributed by atoms with Gasteiger partial charge < -0.3 is 28.2 Å². The predicted octanol–water partition coefficient (Wildman–Crippen LogP) is 14.7. The highest BCUT2D eigenvalue weighted by molar-refractivity contribution is 8.18. The predicted molar refractivity (Wildman–Crippen MR) is 313 cm³/mol. The number of allylic oxidation sites excluding steroid dienone is 2. The van der Waals surface area contributed by atoms with E-state index in [4.69, 9.17) is 23.1 Å². The van der Waals surface area contributed by atoms with E-state index >= 15 is 0 Å². The highest BCUT2D eigenvalue weighted by Gasteiger charge is 2.51. The van der Waals surface area contributed by atoms with E-state index in [-0.39, 0.29) is 20.3 Å². The van der Waals surface area contributed by atoms with Crippen LogP contribution in [0.3, 0.4) is 0 Å². The Labute approximate surface area is 445 Å². The van der Waals surface area contributed by atoms with Gasteiger partial charge in [-0.3, -0.25) is 0 Å². The second-order valence-electron chi connectivity index (χ2n) is 22.0. The van der Waals surface area contributed by atoms with E-state index in [0.29, 0.717) is 13.2 Å². The van der Waals surface area contributed by atoms with Crippen LogP contribution in [0.4, 0.5) is 0 Å². The van der Waals surface area contributed by atoms with E-state index in [1.807, 2.05) is 30.3 Å². The number of hydrogen-bond acceptors (Lipinski definition) is 8. The molecule has 0 amide bonds. The number of rotatable bonds is 24. The Morgan fingerprint density at radius 3 is 1.58 bits per heavy atom. The second-order valence-corrected chi connectivity index (χ2v) is 34.3. The van der Waals surface area contributed by atoms with Gasteiger partial charge in [0.15, 0.2) is 8.32 Å². The van der Waals surface area contributed by atoms with Crippen LogP contribution in [0, 0.1) is 0 Å². The molecule has 5 aromatic carbocycles. The zero-order valence-electron chi connectivity index (χ0n) is 45.5. The highest BCUT2D eigenvalue weighted by Crippen LogP contribution is 2.50. The Morgan fingerprint density at radius 2 is 1.11 bits per heavy atom. The second kappa shape index (κ2) is 25.6. The van der Waals surface area contributed by atoms with Crippen LogP contribution >= 0.6 is 23.5 Å². The smallest absolute Gasteiger partial charge is 0.261 e. The van der Waals surface area contributed by atoms with Crippen molar-refractivity contribution in [1.29, 1.82) is 0 Å². The van der Waals surface area contributed by atoms with Gasteiger partial charge in [-0.1, -0.05) is 169 Å². The Balaban J connectivity index is 1.17. The van der Waals surface area contributed by atoms with Crippen LogP contribution < -0.4 is 19.8 Å². The summed E-state index contributed by atoms with van der Waals surface area (Å²) in [6, 6.07) is 48.8.